The molecule has 0 radical (unpaired) electrons. The molecule has 0 amide bonds. The van der Waals surface area contributed by atoms with E-state index in [1.807, 2.05) is 35.2 Å². The van der Waals surface area contributed by atoms with Gasteiger partial charge in [0.25, 0.3) is 0 Å². The van der Waals surface area contributed by atoms with Gasteiger partial charge in [0.2, 0.25) is 5.88 Å². The number of aromatic amines is 1. The zero-order valence-electron chi connectivity index (χ0n) is 12.9. The number of hydrogen-bond acceptors (Lipinski definition) is 7. The van der Waals surface area contributed by atoms with E-state index in [1.54, 1.807) is 19.4 Å². The van der Waals surface area contributed by atoms with Gasteiger partial charge in [0.1, 0.15) is 5.52 Å². The fourth-order valence-corrected chi connectivity index (χ4v) is 2.40. The Morgan fingerprint density at radius 1 is 1.33 bits per heavy atom. The average molecular weight is 324 g/mol. The van der Waals surface area contributed by atoms with E-state index in [9.17, 15) is 0 Å². The number of ether oxygens (including phenoxy) is 1. The van der Waals surface area contributed by atoms with E-state index >= 15 is 0 Å². The van der Waals surface area contributed by atoms with Crippen LogP contribution in [0.5, 0.6) is 5.88 Å². The second kappa shape index (κ2) is 5.95. The Balaban J connectivity index is 1.60. The second-order valence-electron chi connectivity index (χ2n) is 5.17. The number of H-pyrrole nitrogens is 1. The SMILES string of the molecule is COc1cc(Nc2cnc3ccn(CC4=CC=CNN4)c3n2)n[nH]1. The second-order valence-corrected chi connectivity index (χ2v) is 5.17. The van der Waals surface area contributed by atoms with E-state index in [0.29, 0.717) is 24.1 Å². The fraction of sp³-hybridized carbons (Fsp3) is 0.133. The number of aromatic nitrogens is 5. The van der Waals surface area contributed by atoms with Gasteiger partial charge in [0.05, 0.1) is 25.5 Å². The largest absolute Gasteiger partial charge is 0.481 e. The van der Waals surface area contributed by atoms with Gasteiger partial charge in [-0.25, -0.2) is 15.1 Å². The average Bonchev–Trinajstić information content (AvgIpc) is 3.23. The molecule has 4 rings (SSSR count). The summed E-state index contributed by atoms with van der Waals surface area (Å²) in [4.78, 5) is 9.07. The normalized spacial score (nSPS) is 13.3. The smallest absolute Gasteiger partial charge is 0.210 e. The standard InChI is InChI=1S/C15H16N8O/c1-24-14-7-12(21-22-14)18-13-8-16-11-4-6-23(15(11)19-13)9-10-3-2-5-17-20-10/h2-8,17,20H,9H2,1H3,(H2,18,19,21,22). The number of anilines is 2. The molecule has 4 heterocycles. The molecule has 0 saturated carbocycles. The summed E-state index contributed by atoms with van der Waals surface area (Å²) >= 11 is 0. The lowest BCUT2D eigenvalue weighted by atomic mass is 10.3. The topological polar surface area (TPSA) is 105 Å². The van der Waals surface area contributed by atoms with Crippen molar-refractivity contribution >= 4 is 22.8 Å². The van der Waals surface area contributed by atoms with Crippen molar-refractivity contribution in [2.24, 2.45) is 0 Å². The summed E-state index contributed by atoms with van der Waals surface area (Å²) in [6.07, 6.45) is 9.43. The third-order valence-electron chi connectivity index (χ3n) is 3.55. The number of nitrogens with one attached hydrogen (secondary N) is 4. The van der Waals surface area contributed by atoms with E-state index in [1.165, 1.54) is 0 Å². The minimum atomic E-state index is 0.575. The molecule has 4 N–H and O–H groups in total. The number of hydrazine groups is 1. The van der Waals surface area contributed by atoms with Gasteiger partial charge >= 0.3 is 0 Å². The molecule has 0 bridgehead atoms. The molecular formula is C15H16N8O. The van der Waals surface area contributed by atoms with E-state index in [2.05, 4.69) is 36.3 Å². The summed E-state index contributed by atoms with van der Waals surface area (Å²) < 4.78 is 7.10. The molecule has 0 saturated heterocycles. The van der Waals surface area contributed by atoms with Gasteiger partial charge in [-0.1, -0.05) is 0 Å². The monoisotopic (exact) mass is 324 g/mol. The van der Waals surface area contributed by atoms with E-state index < -0.39 is 0 Å². The highest BCUT2D eigenvalue weighted by Gasteiger charge is 2.09. The molecule has 24 heavy (non-hydrogen) atoms. The number of rotatable bonds is 5. The van der Waals surface area contributed by atoms with Gasteiger partial charge in [-0.3, -0.25) is 0 Å². The molecule has 9 nitrogen and oxygen atoms in total. The Hall–Kier alpha value is -3.49. The highest BCUT2D eigenvalue weighted by Crippen LogP contribution is 2.19. The van der Waals surface area contributed by atoms with Crippen molar-refractivity contribution in [3.8, 4) is 5.88 Å². The van der Waals surface area contributed by atoms with Crippen LogP contribution in [-0.2, 0) is 6.54 Å². The van der Waals surface area contributed by atoms with Crippen molar-refractivity contribution in [2.45, 2.75) is 6.54 Å². The summed E-state index contributed by atoms with van der Waals surface area (Å²) in [7, 11) is 1.58. The molecule has 3 aromatic rings. The first-order chi connectivity index (χ1) is 11.8. The van der Waals surface area contributed by atoms with E-state index in [0.717, 1.165) is 16.9 Å². The highest BCUT2D eigenvalue weighted by atomic mass is 16.5. The molecule has 122 valence electrons. The van der Waals surface area contributed by atoms with Crippen LogP contribution >= 0.6 is 0 Å². The van der Waals surface area contributed by atoms with Crippen molar-refractivity contribution in [3.63, 3.8) is 0 Å². The Kier molecular flexibility index (Phi) is 3.50. The zero-order chi connectivity index (χ0) is 16.4. The Bertz CT molecular complexity index is 923. The summed E-state index contributed by atoms with van der Waals surface area (Å²) in [5.74, 6) is 1.80. The Morgan fingerprint density at radius 3 is 3.08 bits per heavy atom. The molecule has 3 aromatic heterocycles. The molecule has 0 unspecified atom stereocenters. The predicted molar refractivity (Wildman–Crippen MR) is 89.4 cm³/mol. The summed E-state index contributed by atoms with van der Waals surface area (Å²) in [6, 6.07) is 3.69. The van der Waals surface area contributed by atoms with Crippen molar-refractivity contribution < 1.29 is 4.74 Å². The minimum Gasteiger partial charge on any atom is -0.481 e. The van der Waals surface area contributed by atoms with Crippen LogP contribution in [-0.4, -0.2) is 31.8 Å². The van der Waals surface area contributed by atoms with Crippen LogP contribution in [0.1, 0.15) is 0 Å². The molecule has 0 fully saturated rings. The molecule has 1 aliphatic rings. The van der Waals surface area contributed by atoms with Crippen molar-refractivity contribution in [1.29, 1.82) is 0 Å². The predicted octanol–water partition coefficient (Wildman–Crippen LogP) is 1.41. The first-order valence-corrected chi connectivity index (χ1v) is 7.37. The molecule has 0 aromatic carbocycles. The molecule has 0 aliphatic carbocycles. The Labute approximate surface area is 137 Å². The lowest BCUT2D eigenvalue weighted by Gasteiger charge is -2.14. The van der Waals surface area contributed by atoms with Crippen LogP contribution in [0.15, 0.2) is 48.6 Å². The lowest BCUT2D eigenvalue weighted by Crippen LogP contribution is -2.30. The van der Waals surface area contributed by atoms with Crippen LogP contribution in [0.25, 0.3) is 11.2 Å². The quantitative estimate of drug-likeness (QED) is 0.562. The van der Waals surface area contributed by atoms with Gasteiger partial charge in [0, 0.05) is 18.5 Å². The first kappa shape index (κ1) is 14.1. The van der Waals surface area contributed by atoms with Crippen molar-refractivity contribution in [3.05, 3.63) is 48.6 Å². The van der Waals surface area contributed by atoms with Crippen LogP contribution in [0.4, 0.5) is 11.6 Å². The maximum atomic E-state index is 5.07. The molecule has 1 aliphatic heterocycles. The highest BCUT2D eigenvalue weighted by molar-refractivity contribution is 5.73. The number of fused-ring (bicyclic) bond motifs is 1. The summed E-state index contributed by atoms with van der Waals surface area (Å²) in [6.45, 7) is 0.662. The summed E-state index contributed by atoms with van der Waals surface area (Å²) in [5, 5.41) is 9.96. The number of nitrogens with zero attached hydrogens (tertiary/aromatic N) is 4. The molecular weight excluding hydrogens is 308 g/mol. The van der Waals surface area contributed by atoms with Crippen molar-refractivity contribution in [1.82, 2.24) is 35.6 Å². The molecule has 0 spiro atoms. The zero-order valence-corrected chi connectivity index (χ0v) is 12.9. The number of hydrogen-bond donors (Lipinski definition) is 4. The van der Waals surface area contributed by atoms with Gasteiger partial charge < -0.3 is 25.5 Å². The molecule has 9 heteroatoms. The van der Waals surface area contributed by atoms with Gasteiger partial charge in [-0.2, -0.15) is 5.10 Å². The van der Waals surface area contributed by atoms with Crippen LogP contribution < -0.4 is 20.9 Å². The summed E-state index contributed by atoms with van der Waals surface area (Å²) in [5.41, 5.74) is 8.72. The number of methoxy groups -OCH3 is 1. The third kappa shape index (κ3) is 2.74. The maximum absolute atomic E-state index is 5.07. The lowest BCUT2D eigenvalue weighted by molar-refractivity contribution is 0.397. The van der Waals surface area contributed by atoms with Gasteiger partial charge in [-0.05, 0) is 18.2 Å². The van der Waals surface area contributed by atoms with Crippen molar-refractivity contribution in [2.75, 3.05) is 12.4 Å². The minimum absolute atomic E-state index is 0.575. The van der Waals surface area contributed by atoms with E-state index in [4.69, 9.17) is 4.74 Å². The number of allylic oxidation sites excluding steroid dienone is 3. The first-order valence-electron chi connectivity index (χ1n) is 7.37. The van der Waals surface area contributed by atoms with E-state index in [-0.39, 0.29) is 0 Å². The maximum Gasteiger partial charge on any atom is 0.210 e. The van der Waals surface area contributed by atoms with Crippen LogP contribution in [0, 0.1) is 0 Å². The van der Waals surface area contributed by atoms with Gasteiger partial charge in [0.15, 0.2) is 17.3 Å². The Morgan fingerprint density at radius 2 is 2.29 bits per heavy atom. The van der Waals surface area contributed by atoms with Gasteiger partial charge in [-0.15, -0.1) is 0 Å². The fourth-order valence-electron chi connectivity index (χ4n) is 2.40. The third-order valence-corrected chi connectivity index (χ3v) is 3.55. The molecule has 0 atom stereocenters. The van der Waals surface area contributed by atoms with Crippen LogP contribution in [0.3, 0.4) is 0 Å². The van der Waals surface area contributed by atoms with Crippen LogP contribution in [0.2, 0.25) is 0 Å².